The summed E-state index contributed by atoms with van der Waals surface area (Å²) < 4.78 is 0. The van der Waals surface area contributed by atoms with Gasteiger partial charge in [0.15, 0.2) is 0 Å². The van der Waals surface area contributed by atoms with Gasteiger partial charge in [0.1, 0.15) is 11.7 Å². The second-order valence-corrected chi connectivity index (χ2v) is 1.78. The maximum absolute atomic E-state index is 3.89. The summed E-state index contributed by atoms with van der Waals surface area (Å²) in [4.78, 5) is 1.89. The molecule has 0 aromatic heterocycles. The van der Waals surface area contributed by atoms with Crippen LogP contribution in [0.15, 0.2) is 17.5 Å². The molecule has 1 aliphatic rings. The van der Waals surface area contributed by atoms with E-state index in [1.807, 2.05) is 18.9 Å². The van der Waals surface area contributed by atoms with Crippen molar-refractivity contribution in [3.8, 4) is 0 Å². The Balaban J connectivity index is -0.00000000800. The molecule has 3 nitrogen and oxygen atoms in total. The molecule has 0 aromatic rings. The van der Waals surface area contributed by atoms with Crippen LogP contribution in [-0.4, -0.2) is 17.8 Å². The van der Waals surface area contributed by atoms with Crippen LogP contribution in [0.1, 0.15) is 6.92 Å². The molecule has 0 saturated carbocycles. The molecular weight excluding hydrogens is 1940 g/mol. The van der Waals surface area contributed by atoms with Crippen molar-refractivity contribution in [2.24, 2.45) is 5.10 Å². The minimum atomic E-state index is 0. The normalized spacial score (nSPS) is 8.22. The Labute approximate surface area is 253 Å². The van der Waals surface area contributed by atoms with E-state index in [9.17, 15) is 0 Å². The summed E-state index contributed by atoms with van der Waals surface area (Å²) in [5.41, 5.74) is 2.74. The number of amidine groups is 1. The number of hydrogen-bond acceptors (Lipinski definition) is 3. The Morgan fingerprint density at radius 3 is 1.17 bits per heavy atom. The fourth-order valence-electron chi connectivity index (χ4n) is 0.491. The van der Waals surface area contributed by atoms with Gasteiger partial charge in [-0.2, -0.15) is 5.10 Å². The molecule has 0 bridgehead atoms. The number of hydrogen-bond donors (Lipinski definition) is 1. The first-order chi connectivity index (χ1) is 3.72. The number of nitrogens with zero attached hydrogens (tertiary/aromatic N) is 2. The monoisotopic (exact) mass is 1950 g/mol. The van der Waals surface area contributed by atoms with Gasteiger partial charge in [0.25, 0.3) is 0 Å². The molecule has 0 radical (unpaired) electrons. The van der Waals surface area contributed by atoms with Gasteiger partial charge in [-0.15, -0.1) is 0 Å². The van der Waals surface area contributed by atoms with Gasteiger partial charge < -0.3 is 4.90 Å². The van der Waals surface area contributed by atoms with E-state index in [1.54, 1.807) is 0 Å². The maximum atomic E-state index is 3.89. The van der Waals surface area contributed by atoms with Gasteiger partial charge >= 0.3 is 0 Å². The van der Waals surface area contributed by atoms with E-state index in [0.29, 0.717) is 0 Å². The predicted molar refractivity (Wildman–Crippen MR) is 33.1 cm³/mol. The molecule has 104 valence electrons. The van der Waals surface area contributed by atoms with Gasteiger partial charge in [-0.05, 0) is 6.92 Å². The van der Waals surface area contributed by atoms with Gasteiger partial charge in [-0.3, -0.25) is 5.43 Å². The molecule has 1 N–H and O–H groups in total. The van der Waals surface area contributed by atoms with Crippen LogP contribution >= 0.6 is 0 Å². The summed E-state index contributed by atoms with van der Waals surface area (Å²) in [5.74, 6) is 1.79. The van der Waals surface area contributed by atoms with Crippen LogP contribution in [-0.2, 0) is 211 Å². The van der Waals surface area contributed by atoms with Crippen molar-refractivity contribution in [2.45, 2.75) is 6.92 Å². The van der Waals surface area contributed by atoms with Crippen LogP contribution < -0.4 is 5.43 Å². The Morgan fingerprint density at radius 2 is 1.11 bits per heavy atom. The molecule has 0 amide bonds. The SMILES string of the molecule is C=C1NN=C(C)N1C.[W].[W].[W].[W].[W].[W].[W].[W].[W].[W]. The molecule has 0 aromatic carbocycles. The zero-order valence-electron chi connectivity index (χ0n) is 9.18. The van der Waals surface area contributed by atoms with Gasteiger partial charge in [0.2, 0.25) is 0 Å². The van der Waals surface area contributed by atoms with Crippen molar-refractivity contribution in [3.05, 3.63) is 12.4 Å². The number of hydrazone groups is 1. The van der Waals surface area contributed by atoms with Crippen molar-refractivity contribution in [1.82, 2.24) is 10.3 Å². The Hall–Kier alpha value is 5.89. The van der Waals surface area contributed by atoms with E-state index in [2.05, 4.69) is 17.1 Å². The molecule has 1 aliphatic heterocycles. The van der Waals surface area contributed by atoms with E-state index >= 15 is 0 Å². The molecule has 0 atom stereocenters. The number of nitrogens with one attached hydrogen (secondary N) is 1. The maximum Gasteiger partial charge on any atom is 0.127 e. The van der Waals surface area contributed by atoms with Crippen LogP contribution in [0.4, 0.5) is 0 Å². The molecule has 1 rings (SSSR count). The van der Waals surface area contributed by atoms with Crippen molar-refractivity contribution < 1.29 is 211 Å². The first-order valence-corrected chi connectivity index (χ1v) is 2.45. The molecule has 13 heteroatoms. The van der Waals surface area contributed by atoms with Gasteiger partial charge in [0, 0.05) is 218 Å². The summed E-state index contributed by atoms with van der Waals surface area (Å²) in [6.45, 7) is 5.61. The number of rotatable bonds is 0. The average Bonchev–Trinajstić information content (AvgIpc) is 1.98. The van der Waals surface area contributed by atoms with E-state index in [-0.39, 0.29) is 211 Å². The van der Waals surface area contributed by atoms with Gasteiger partial charge in [-0.25, -0.2) is 0 Å². The van der Waals surface area contributed by atoms with E-state index in [4.69, 9.17) is 0 Å². The molecule has 0 saturated heterocycles. The molecular formula is C5H9N3W10. The van der Waals surface area contributed by atoms with Crippen LogP contribution in [0, 0.1) is 0 Å². The minimum Gasteiger partial charge on any atom is -0.317 e. The molecule has 18 heavy (non-hydrogen) atoms. The first kappa shape index (κ1) is 64.9. The Bertz CT molecular complexity index is 166. The standard InChI is InChI=1S/C5H9N3.10W/c1-4-6-7-5(2)8(4)3;;;;;;;;;;/h6H,1H2,2-3H3;;;;;;;;;;. The van der Waals surface area contributed by atoms with E-state index in [0.717, 1.165) is 11.7 Å². The quantitative estimate of drug-likeness (QED) is 0.379. The fourth-order valence-corrected chi connectivity index (χ4v) is 0.491. The molecule has 0 spiro atoms. The molecule has 0 unspecified atom stereocenters. The minimum absolute atomic E-state index is 0. The third-order valence-corrected chi connectivity index (χ3v) is 1.24. The first-order valence-electron chi connectivity index (χ1n) is 2.45. The predicted octanol–water partition coefficient (Wildman–Crippen LogP) is 0.301. The summed E-state index contributed by atoms with van der Waals surface area (Å²) in [5, 5.41) is 3.89. The topological polar surface area (TPSA) is 27.6 Å². The summed E-state index contributed by atoms with van der Waals surface area (Å²) in [6, 6.07) is 0. The molecule has 0 fully saturated rings. The smallest absolute Gasteiger partial charge is 0.127 e. The van der Waals surface area contributed by atoms with Crippen molar-refractivity contribution >= 4 is 5.84 Å². The van der Waals surface area contributed by atoms with Crippen molar-refractivity contribution in [2.75, 3.05) is 7.05 Å². The third kappa shape index (κ3) is 26.8. The fraction of sp³-hybridized carbons (Fsp3) is 0.400. The second-order valence-electron chi connectivity index (χ2n) is 1.78. The van der Waals surface area contributed by atoms with Gasteiger partial charge in [0.05, 0.1) is 0 Å². The zero-order valence-corrected chi connectivity index (χ0v) is 38.5. The summed E-state index contributed by atoms with van der Waals surface area (Å²) in [6.07, 6.45) is 0. The van der Waals surface area contributed by atoms with Crippen LogP contribution in [0.25, 0.3) is 0 Å². The third-order valence-electron chi connectivity index (χ3n) is 1.24. The van der Waals surface area contributed by atoms with Crippen LogP contribution in [0.3, 0.4) is 0 Å². The van der Waals surface area contributed by atoms with Gasteiger partial charge in [-0.1, -0.05) is 6.58 Å². The molecule has 1 heterocycles. The Morgan fingerprint density at radius 1 is 0.833 bits per heavy atom. The van der Waals surface area contributed by atoms with E-state index < -0.39 is 0 Å². The second kappa shape index (κ2) is 38.5. The molecule has 0 aliphatic carbocycles. The summed E-state index contributed by atoms with van der Waals surface area (Å²) in [7, 11) is 1.92. The Kier molecular flexibility index (Phi) is 139. The van der Waals surface area contributed by atoms with Crippen molar-refractivity contribution in [1.29, 1.82) is 0 Å². The largest absolute Gasteiger partial charge is 0.317 e. The van der Waals surface area contributed by atoms with E-state index in [1.165, 1.54) is 0 Å². The zero-order chi connectivity index (χ0) is 6.15. The van der Waals surface area contributed by atoms with Crippen LogP contribution in [0.2, 0.25) is 0 Å². The average molecular weight is 1950 g/mol. The van der Waals surface area contributed by atoms with Crippen molar-refractivity contribution in [3.63, 3.8) is 0 Å². The van der Waals surface area contributed by atoms with Crippen LogP contribution in [0.5, 0.6) is 0 Å². The summed E-state index contributed by atoms with van der Waals surface area (Å²) >= 11 is 0.